The SMILES string of the molecule is COc1cccc(OC)c1C(=O)CCc1ccc([N+](=O)[O-])cc1. The van der Waals surface area contributed by atoms with Gasteiger partial charge in [-0.3, -0.25) is 14.9 Å². The van der Waals surface area contributed by atoms with E-state index in [2.05, 4.69) is 0 Å². The average Bonchev–Trinajstić information content (AvgIpc) is 2.59. The maximum absolute atomic E-state index is 12.5. The first kappa shape index (κ1) is 16.5. The molecule has 0 aromatic heterocycles. The van der Waals surface area contributed by atoms with E-state index in [0.717, 1.165) is 5.56 Å². The molecule has 0 saturated carbocycles. The van der Waals surface area contributed by atoms with Crippen molar-refractivity contribution in [2.24, 2.45) is 0 Å². The summed E-state index contributed by atoms with van der Waals surface area (Å²) in [5, 5.41) is 10.6. The second kappa shape index (κ2) is 7.40. The minimum Gasteiger partial charge on any atom is -0.496 e. The summed E-state index contributed by atoms with van der Waals surface area (Å²) >= 11 is 0. The summed E-state index contributed by atoms with van der Waals surface area (Å²) in [7, 11) is 3.00. The molecule has 0 fully saturated rings. The number of carbonyl (C=O) groups excluding carboxylic acids is 1. The summed E-state index contributed by atoms with van der Waals surface area (Å²) in [6, 6.07) is 11.4. The average molecular weight is 315 g/mol. The van der Waals surface area contributed by atoms with Gasteiger partial charge >= 0.3 is 0 Å². The number of ether oxygens (including phenoxy) is 2. The highest BCUT2D eigenvalue weighted by Crippen LogP contribution is 2.29. The van der Waals surface area contributed by atoms with Gasteiger partial charge in [-0.15, -0.1) is 0 Å². The molecule has 23 heavy (non-hydrogen) atoms. The number of non-ortho nitro benzene ring substituents is 1. The number of carbonyl (C=O) groups is 1. The number of Topliss-reactive ketones (excluding diaryl/α,β-unsaturated/α-hetero) is 1. The molecule has 0 radical (unpaired) electrons. The van der Waals surface area contributed by atoms with Gasteiger partial charge in [-0.2, -0.15) is 0 Å². The highest BCUT2D eigenvalue weighted by atomic mass is 16.6. The van der Waals surface area contributed by atoms with E-state index in [-0.39, 0.29) is 17.9 Å². The fourth-order valence-electron chi connectivity index (χ4n) is 2.29. The topological polar surface area (TPSA) is 78.7 Å². The first-order valence-electron chi connectivity index (χ1n) is 7.04. The van der Waals surface area contributed by atoms with Crippen LogP contribution < -0.4 is 9.47 Å². The van der Waals surface area contributed by atoms with Gasteiger partial charge in [-0.05, 0) is 24.1 Å². The normalized spacial score (nSPS) is 10.2. The van der Waals surface area contributed by atoms with E-state index in [1.54, 1.807) is 30.3 Å². The number of ketones is 1. The van der Waals surface area contributed by atoms with Crippen molar-refractivity contribution in [3.05, 3.63) is 63.7 Å². The van der Waals surface area contributed by atoms with Gasteiger partial charge in [-0.1, -0.05) is 18.2 Å². The van der Waals surface area contributed by atoms with Gasteiger partial charge in [0.25, 0.3) is 5.69 Å². The molecule has 120 valence electrons. The van der Waals surface area contributed by atoms with Crippen molar-refractivity contribution in [2.75, 3.05) is 14.2 Å². The third-order valence-electron chi connectivity index (χ3n) is 3.49. The molecule has 0 aliphatic heterocycles. The smallest absolute Gasteiger partial charge is 0.269 e. The molecule has 6 heteroatoms. The largest absolute Gasteiger partial charge is 0.496 e. The van der Waals surface area contributed by atoms with Crippen LogP contribution >= 0.6 is 0 Å². The molecule has 0 atom stereocenters. The second-order valence-electron chi connectivity index (χ2n) is 4.88. The number of nitrogens with zero attached hydrogens (tertiary/aromatic N) is 1. The van der Waals surface area contributed by atoms with Crippen molar-refractivity contribution in [1.29, 1.82) is 0 Å². The molecule has 0 unspecified atom stereocenters. The van der Waals surface area contributed by atoms with E-state index < -0.39 is 4.92 Å². The van der Waals surface area contributed by atoms with E-state index in [1.165, 1.54) is 26.4 Å². The van der Waals surface area contributed by atoms with Crippen molar-refractivity contribution in [1.82, 2.24) is 0 Å². The lowest BCUT2D eigenvalue weighted by atomic mass is 10.0. The molecule has 0 saturated heterocycles. The van der Waals surface area contributed by atoms with Crippen molar-refractivity contribution < 1.29 is 19.2 Å². The highest BCUT2D eigenvalue weighted by Gasteiger charge is 2.18. The molecule has 2 aromatic carbocycles. The Labute approximate surface area is 133 Å². The highest BCUT2D eigenvalue weighted by molar-refractivity contribution is 6.01. The standard InChI is InChI=1S/C17H17NO5/c1-22-15-4-3-5-16(23-2)17(15)14(19)11-8-12-6-9-13(10-7-12)18(20)21/h3-7,9-10H,8,11H2,1-2H3. The number of hydrogen-bond acceptors (Lipinski definition) is 5. The Kier molecular flexibility index (Phi) is 5.30. The predicted molar refractivity (Wildman–Crippen MR) is 85.3 cm³/mol. The van der Waals surface area contributed by atoms with Crippen LogP contribution in [0.3, 0.4) is 0 Å². The molecule has 0 spiro atoms. The molecule has 0 bridgehead atoms. The summed E-state index contributed by atoms with van der Waals surface area (Å²) in [6.07, 6.45) is 0.743. The molecule has 0 heterocycles. The van der Waals surface area contributed by atoms with Crippen LogP contribution in [0.5, 0.6) is 11.5 Å². The molecule has 0 amide bonds. The van der Waals surface area contributed by atoms with Crippen LogP contribution in [-0.4, -0.2) is 24.9 Å². The number of rotatable bonds is 7. The van der Waals surface area contributed by atoms with E-state index >= 15 is 0 Å². The monoisotopic (exact) mass is 315 g/mol. The maximum Gasteiger partial charge on any atom is 0.269 e. The summed E-state index contributed by atoms with van der Waals surface area (Å²) in [5.41, 5.74) is 1.31. The molecule has 6 nitrogen and oxygen atoms in total. The molecule has 0 aliphatic rings. The lowest BCUT2D eigenvalue weighted by molar-refractivity contribution is -0.384. The zero-order valence-corrected chi connectivity index (χ0v) is 12.9. The molecule has 0 N–H and O–H groups in total. The molecular weight excluding hydrogens is 298 g/mol. The lowest BCUT2D eigenvalue weighted by Gasteiger charge is -2.12. The quantitative estimate of drug-likeness (QED) is 0.444. The van der Waals surface area contributed by atoms with Gasteiger partial charge in [0.2, 0.25) is 0 Å². The van der Waals surface area contributed by atoms with Gasteiger partial charge in [0, 0.05) is 18.6 Å². The lowest BCUT2D eigenvalue weighted by Crippen LogP contribution is -2.06. The predicted octanol–water partition coefficient (Wildman–Crippen LogP) is 3.43. The van der Waals surface area contributed by atoms with Crippen LogP contribution in [0, 0.1) is 10.1 Å². The molecule has 0 aliphatic carbocycles. The number of hydrogen-bond donors (Lipinski definition) is 0. The number of nitro groups is 1. The Morgan fingerprint density at radius 3 is 2.09 bits per heavy atom. The van der Waals surface area contributed by atoms with Gasteiger partial charge in [0.15, 0.2) is 5.78 Å². The van der Waals surface area contributed by atoms with Crippen molar-refractivity contribution in [3.63, 3.8) is 0 Å². The molecule has 2 rings (SSSR count). The zero-order valence-electron chi connectivity index (χ0n) is 12.9. The van der Waals surface area contributed by atoms with Crippen LogP contribution in [-0.2, 0) is 6.42 Å². The Morgan fingerprint density at radius 2 is 1.61 bits per heavy atom. The van der Waals surface area contributed by atoms with Crippen molar-refractivity contribution in [2.45, 2.75) is 12.8 Å². The van der Waals surface area contributed by atoms with E-state index in [1.807, 2.05) is 0 Å². The van der Waals surface area contributed by atoms with Crippen LogP contribution in [0.25, 0.3) is 0 Å². The minimum absolute atomic E-state index is 0.0338. The number of aryl methyl sites for hydroxylation is 1. The van der Waals surface area contributed by atoms with Crippen molar-refractivity contribution >= 4 is 11.5 Å². The first-order chi connectivity index (χ1) is 11.1. The Hall–Kier alpha value is -2.89. The number of benzene rings is 2. The molecular formula is C17H17NO5. The van der Waals surface area contributed by atoms with E-state index in [0.29, 0.717) is 23.5 Å². The molecule has 2 aromatic rings. The fourth-order valence-corrected chi connectivity index (χ4v) is 2.29. The minimum atomic E-state index is -0.450. The van der Waals surface area contributed by atoms with E-state index in [4.69, 9.17) is 9.47 Å². The van der Waals surface area contributed by atoms with E-state index in [9.17, 15) is 14.9 Å². The third-order valence-corrected chi connectivity index (χ3v) is 3.49. The van der Waals surface area contributed by atoms with Gasteiger partial charge < -0.3 is 9.47 Å². The fraction of sp³-hybridized carbons (Fsp3) is 0.235. The van der Waals surface area contributed by atoms with Crippen LogP contribution in [0.15, 0.2) is 42.5 Å². The van der Waals surface area contributed by atoms with Crippen LogP contribution in [0.4, 0.5) is 5.69 Å². The Bertz CT molecular complexity index is 687. The first-order valence-corrected chi connectivity index (χ1v) is 7.04. The van der Waals surface area contributed by atoms with Crippen LogP contribution in [0.2, 0.25) is 0 Å². The zero-order chi connectivity index (χ0) is 16.8. The number of nitro benzene ring substituents is 1. The summed E-state index contributed by atoms with van der Waals surface area (Å²) in [6.45, 7) is 0. The summed E-state index contributed by atoms with van der Waals surface area (Å²) in [5.74, 6) is 0.841. The van der Waals surface area contributed by atoms with Gasteiger partial charge in [-0.25, -0.2) is 0 Å². The Balaban J connectivity index is 2.12. The Morgan fingerprint density at radius 1 is 1.04 bits per heavy atom. The summed E-state index contributed by atoms with van der Waals surface area (Å²) < 4.78 is 10.5. The summed E-state index contributed by atoms with van der Waals surface area (Å²) in [4.78, 5) is 22.7. The second-order valence-corrected chi connectivity index (χ2v) is 4.88. The number of methoxy groups -OCH3 is 2. The van der Waals surface area contributed by atoms with Crippen LogP contribution in [0.1, 0.15) is 22.3 Å². The van der Waals surface area contributed by atoms with Crippen molar-refractivity contribution in [3.8, 4) is 11.5 Å². The third kappa shape index (κ3) is 3.85. The van der Waals surface area contributed by atoms with Gasteiger partial charge in [0.1, 0.15) is 17.1 Å². The maximum atomic E-state index is 12.5. The van der Waals surface area contributed by atoms with Gasteiger partial charge in [0.05, 0.1) is 19.1 Å².